The molecule has 0 heterocycles. The van der Waals surface area contributed by atoms with Crippen LogP contribution < -0.4 is 0 Å². The molecule has 0 aliphatic carbocycles. The van der Waals surface area contributed by atoms with E-state index < -0.39 is 17.0 Å². The first kappa shape index (κ1) is 22.1. The summed E-state index contributed by atoms with van der Waals surface area (Å²) in [4.78, 5) is 21.2. The summed E-state index contributed by atoms with van der Waals surface area (Å²) in [5.41, 5.74) is 1.17. The SMILES string of the molecule is CCCCCCC(CCCCc1ccc([N+](=O)[O-])cc1)CC(O)C(=O)O. The second-order valence-corrected chi connectivity index (χ2v) is 6.97. The number of rotatable bonds is 14. The summed E-state index contributed by atoms with van der Waals surface area (Å²) in [6.45, 7) is 2.16. The summed E-state index contributed by atoms with van der Waals surface area (Å²) in [7, 11) is 0. The normalized spacial score (nSPS) is 13.3. The van der Waals surface area contributed by atoms with Crippen LogP contribution in [0.4, 0.5) is 5.69 Å². The zero-order chi connectivity index (χ0) is 19.4. The van der Waals surface area contributed by atoms with Gasteiger partial charge in [0.1, 0.15) is 0 Å². The van der Waals surface area contributed by atoms with E-state index in [2.05, 4.69) is 6.92 Å². The number of unbranched alkanes of at least 4 members (excludes halogenated alkanes) is 4. The third-order valence-electron chi connectivity index (χ3n) is 4.78. The summed E-state index contributed by atoms with van der Waals surface area (Å²) in [5.74, 6) is -0.913. The molecule has 0 saturated carbocycles. The fourth-order valence-electron chi connectivity index (χ4n) is 3.20. The zero-order valence-corrected chi connectivity index (χ0v) is 15.6. The van der Waals surface area contributed by atoms with Crippen LogP contribution in [0.1, 0.15) is 70.3 Å². The molecule has 0 aliphatic rings. The molecule has 0 spiro atoms. The number of aliphatic carboxylic acids is 1. The highest BCUT2D eigenvalue weighted by molar-refractivity contribution is 5.71. The van der Waals surface area contributed by atoms with Gasteiger partial charge in [0.05, 0.1) is 4.92 Å². The van der Waals surface area contributed by atoms with Crippen molar-refractivity contribution in [2.24, 2.45) is 5.92 Å². The van der Waals surface area contributed by atoms with Gasteiger partial charge in [-0.05, 0) is 30.7 Å². The van der Waals surface area contributed by atoms with Gasteiger partial charge in [0, 0.05) is 12.1 Å². The van der Waals surface area contributed by atoms with Gasteiger partial charge >= 0.3 is 5.97 Å². The third-order valence-corrected chi connectivity index (χ3v) is 4.78. The number of nitrogens with zero attached hydrogens (tertiary/aromatic N) is 1. The first-order valence-corrected chi connectivity index (χ1v) is 9.58. The average Bonchev–Trinajstić information content (AvgIpc) is 2.62. The van der Waals surface area contributed by atoms with Crippen molar-refractivity contribution in [2.75, 3.05) is 0 Å². The molecule has 2 N–H and O–H groups in total. The number of hydrogen-bond donors (Lipinski definition) is 2. The van der Waals surface area contributed by atoms with Crippen LogP contribution in [0.3, 0.4) is 0 Å². The maximum atomic E-state index is 10.9. The molecule has 0 aromatic heterocycles. The van der Waals surface area contributed by atoms with Crippen LogP contribution in [0.25, 0.3) is 0 Å². The molecule has 0 aliphatic heterocycles. The number of benzene rings is 1. The predicted molar refractivity (Wildman–Crippen MR) is 101 cm³/mol. The molecular weight excluding hydrogens is 334 g/mol. The number of non-ortho nitro benzene ring substituents is 1. The minimum Gasteiger partial charge on any atom is -0.479 e. The maximum Gasteiger partial charge on any atom is 0.332 e. The first-order valence-electron chi connectivity index (χ1n) is 9.58. The minimum absolute atomic E-state index is 0.101. The average molecular weight is 365 g/mol. The van der Waals surface area contributed by atoms with Crippen LogP contribution in [0, 0.1) is 16.0 Å². The molecule has 1 aromatic rings. The standard InChI is InChI=1S/C20H31NO5/c1-2-3-4-5-9-17(15-19(22)20(23)24)10-7-6-8-16-11-13-18(14-12-16)21(25)26/h11-14,17,19,22H,2-10,15H2,1H3,(H,23,24). The van der Waals surface area contributed by atoms with Crippen molar-refractivity contribution in [2.45, 2.75) is 77.2 Å². The Bertz CT molecular complexity index is 544. The predicted octanol–water partition coefficient (Wildman–Crippen LogP) is 4.73. The topological polar surface area (TPSA) is 101 Å². The summed E-state index contributed by atoms with van der Waals surface area (Å²) in [6.07, 6.45) is 8.25. The van der Waals surface area contributed by atoms with Crippen molar-refractivity contribution < 1.29 is 19.9 Å². The van der Waals surface area contributed by atoms with Gasteiger partial charge in [-0.25, -0.2) is 4.79 Å². The lowest BCUT2D eigenvalue weighted by Crippen LogP contribution is -2.23. The number of aliphatic hydroxyl groups excluding tert-OH is 1. The van der Waals surface area contributed by atoms with Crippen LogP contribution in [0.2, 0.25) is 0 Å². The van der Waals surface area contributed by atoms with Crippen LogP contribution in [0.5, 0.6) is 0 Å². The van der Waals surface area contributed by atoms with Crippen molar-refractivity contribution in [1.82, 2.24) is 0 Å². The smallest absolute Gasteiger partial charge is 0.332 e. The number of aliphatic hydroxyl groups is 1. The first-order chi connectivity index (χ1) is 12.4. The number of hydrogen-bond acceptors (Lipinski definition) is 4. The highest BCUT2D eigenvalue weighted by Gasteiger charge is 2.19. The Morgan fingerprint density at radius 3 is 2.23 bits per heavy atom. The van der Waals surface area contributed by atoms with E-state index in [9.17, 15) is 20.0 Å². The molecule has 2 unspecified atom stereocenters. The van der Waals surface area contributed by atoms with Crippen molar-refractivity contribution >= 4 is 11.7 Å². The van der Waals surface area contributed by atoms with E-state index in [0.717, 1.165) is 56.9 Å². The monoisotopic (exact) mass is 365 g/mol. The molecule has 0 fully saturated rings. The Morgan fingerprint density at radius 1 is 1.08 bits per heavy atom. The van der Waals surface area contributed by atoms with Crippen molar-refractivity contribution in [3.05, 3.63) is 39.9 Å². The molecule has 6 heteroatoms. The van der Waals surface area contributed by atoms with Crippen LogP contribution in [0.15, 0.2) is 24.3 Å². The highest BCUT2D eigenvalue weighted by Crippen LogP contribution is 2.23. The van der Waals surface area contributed by atoms with E-state index in [1.165, 1.54) is 18.6 Å². The van der Waals surface area contributed by atoms with E-state index in [1.54, 1.807) is 12.1 Å². The van der Waals surface area contributed by atoms with E-state index in [1.807, 2.05) is 0 Å². The number of carboxylic acids is 1. The van der Waals surface area contributed by atoms with E-state index >= 15 is 0 Å². The molecule has 26 heavy (non-hydrogen) atoms. The summed E-state index contributed by atoms with van der Waals surface area (Å²) < 4.78 is 0. The Balaban J connectivity index is 2.38. The third kappa shape index (κ3) is 8.94. The maximum absolute atomic E-state index is 10.9. The van der Waals surface area contributed by atoms with Crippen molar-refractivity contribution in [1.29, 1.82) is 0 Å². The fraction of sp³-hybridized carbons (Fsp3) is 0.650. The second kappa shape index (κ2) is 12.4. The van der Waals surface area contributed by atoms with Crippen LogP contribution in [-0.2, 0) is 11.2 Å². The molecule has 146 valence electrons. The van der Waals surface area contributed by atoms with E-state index in [-0.39, 0.29) is 11.6 Å². The molecule has 1 rings (SSSR count). The van der Waals surface area contributed by atoms with Crippen molar-refractivity contribution in [3.63, 3.8) is 0 Å². The molecule has 0 bridgehead atoms. The van der Waals surface area contributed by atoms with Crippen LogP contribution >= 0.6 is 0 Å². The lowest BCUT2D eigenvalue weighted by molar-refractivity contribution is -0.384. The summed E-state index contributed by atoms with van der Waals surface area (Å²) >= 11 is 0. The van der Waals surface area contributed by atoms with E-state index in [4.69, 9.17) is 5.11 Å². The van der Waals surface area contributed by atoms with Gasteiger partial charge in [-0.1, -0.05) is 64.0 Å². The molecule has 0 radical (unpaired) electrons. The minimum atomic E-state index is -1.28. The molecule has 1 aromatic carbocycles. The van der Waals surface area contributed by atoms with Gasteiger partial charge < -0.3 is 10.2 Å². The number of nitro benzene ring substituents is 1. The number of carbonyl (C=O) groups is 1. The Kier molecular flexibility index (Phi) is 10.5. The molecule has 6 nitrogen and oxygen atoms in total. The Labute approximate surface area is 155 Å². The Hall–Kier alpha value is -1.95. The number of aryl methyl sites for hydroxylation is 1. The quantitative estimate of drug-likeness (QED) is 0.282. The highest BCUT2D eigenvalue weighted by atomic mass is 16.6. The largest absolute Gasteiger partial charge is 0.479 e. The molecule has 0 saturated heterocycles. The molecule has 0 amide bonds. The molecule has 2 atom stereocenters. The van der Waals surface area contributed by atoms with E-state index in [0.29, 0.717) is 6.42 Å². The summed E-state index contributed by atoms with van der Waals surface area (Å²) in [5, 5.41) is 29.2. The lowest BCUT2D eigenvalue weighted by atomic mass is 9.89. The lowest BCUT2D eigenvalue weighted by Gasteiger charge is -2.18. The zero-order valence-electron chi connectivity index (χ0n) is 15.6. The van der Waals surface area contributed by atoms with Gasteiger partial charge in [0.25, 0.3) is 5.69 Å². The Morgan fingerprint density at radius 2 is 1.69 bits per heavy atom. The second-order valence-electron chi connectivity index (χ2n) is 6.97. The number of carboxylic acid groups (broad SMARTS) is 1. The number of nitro groups is 1. The van der Waals surface area contributed by atoms with Gasteiger partial charge in [-0.3, -0.25) is 10.1 Å². The van der Waals surface area contributed by atoms with Gasteiger partial charge in [0.2, 0.25) is 0 Å². The van der Waals surface area contributed by atoms with Gasteiger partial charge in [-0.2, -0.15) is 0 Å². The fourth-order valence-corrected chi connectivity index (χ4v) is 3.20. The van der Waals surface area contributed by atoms with Gasteiger partial charge in [0.15, 0.2) is 6.10 Å². The molecular formula is C20H31NO5. The van der Waals surface area contributed by atoms with Crippen LogP contribution in [-0.4, -0.2) is 27.2 Å². The summed E-state index contributed by atoms with van der Waals surface area (Å²) in [6, 6.07) is 6.62. The van der Waals surface area contributed by atoms with Gasteiger partial charge in [-0.15, -0.1) is 0 Å². The van der Waals surface area contributed by atoms with Crippen molar-refractivity contribution in [3.8, 4) is 0 Å².